The normalized spacial score (nSPS) is 21.9. The molecule has 1 aromatic heterocycles. The maximum Gasteiger partial charge on any atom is 0.329 e. The lowest BCUT2D eigenvalue weighted by Gasteiger charge is -2.37. The Bertz CT molecular complexity index is 876. The first-order valence-corrected chi connectivity index (χ1v) is 11.7. The van der Waals surface area contributed by atoms with Crippen LogP contribution in [0.5, 0.6) is 0 Å². The molecule has 0 aromatic carbocycles. The van der Waals surface area contributed by atoms with Crippen LogP contribution in [-0.4, -0.2) is 39.1 Å². The van der Waals surface area contributed by atoms with Gasteiger partial charge in [-0.15, -0.1) is 0 Å². The Hall–Kier alpha value is -2.44. The molecule has 1 aliphatic rings. The molecule has 7 nitrogen and oxygen atoms in total. The van der Waals surface area contributed by atoms with Crippen LogP contribution >= 0.6 is 0 Å². The molecule has 1 fully saturated rings. The number of nitrogens with one attached hydrogen (secondary N) is 1. The molecule has 0 saturated heterocycles. The van der Waals surface area contributed by atoms with Crippen molar-refractivity contribution in [3.63, 3.8) is 0 Å². The van der Waals surface area contributed by atoms with Gasteiger partial charge < -0.3 is 15.2 Å². The molecule has 184 valence electrons. The molecular formula is C26H40N2O5. The monoisotopic (exact) mass is 460 g/mol. The molecular weight excluding hydrogens is 420 g/mol. The molecule has 0 atom stereocenters. The van der Waals surface area contributed by atoms with Crippen LogP contribution in [0.1, 0.15) is 110 Å². The molecule has 2 rings (SSSR count). The van der Waals surface area contributed by atoms with Gasteiger partial charge in [0.2, 0.25) is 0 Å². The highest BCUT2D eigenvalue weighted by Crippen LogP contribution is 2.35. The average Bonchev–Trinajstić information content (AvgIpc) is 2.65. The number of carbonyl (C=O) groups excluding carboxylic acids is 2. The van der Waals surface area contributed by atoms with E-state index in [1.807, 2.05) is 62.3 Å². The number of aromatic nitrogens is 1. The molecule has 1 saturated carbocycles. The molecule has 1 heterocycles. The Morgan fingerprint density at radius 1 is 0.939 bits per heavy atom. The zero-order valence-corrected chi connectivity index (χ0v) is 21.6. The van der Waals surface area contributed by atoms with Gasteiger partial charge in [-0.1, -0.05) is 41.5 Å². The smallest absolute Gasteiger partial charge is 0.329 e. The third-order valence-corrected chi connectivity index (χ3v) is 5.97. The van der Waals surface area contributed by atoms with Crippen LogP contribution in [-0.2, 0) is 25.2 Å². The summed E-state index contributed by atoms with van der Waals surface area (Å²) >= 11 is 0. The number of rotatable bonds is 4. The molecule has 33 heavy (non-hydrogen) atoms. The molecule has 0 spiro atoms. The zero-order valence-electron chi connectivity index (χ0n) is 21.6. The van der Waals surface area contributed by atoms with Gasteiger partial charge in [-0.05, 0) is 58.6 Å². The number of carbonyl (C=O) groups is 3. The van der Waals surface area contributed by atoms with Crippen molar-refractivity contribution in [3.05, 3.63) is 29.1 Å². The van der Waals surface area contributed by atoms with Crippen molar-refractivity contribution in [2.24, 2.45) is 5.92 Å². The summed E-state index contributed by atoms with van der Waals surface area (Å²) in [7, 11) is 0. The molecule has 0 bridgehead atoms. The molecule has 1 amide bonds. The fraction of sp³-hybridized carbons (Fsp3) is 0.692. The number of nitrogens with zero attached hydrogens (tertiary/aromatic N) is 1. The second-order valence-electron chi connectivity index (χ2n) is 12.3. The third kappa shape index (κ3) is 6.78. The van der Waals surface area contributed by atoms with E-state index in [9.17, 15) is 19.5 Å². The number of carboxylic acids is 1. The minimum atomic E-state index is -1.41. The maximum atomic E-state index is 13.3. The quantitative estimate of drug-likeness (QED) is 0.628. The lowest BCUT2D eigenvalue weighted by Crippen LogP contribution is -2.57. The number of hydrogen-bond acceptors (Lipinski definition) is 5. The Labute approximate surface area is 197 Å². The van der Waals surface area contributed by atoms with Gasteiger partial charge in [-0.2, -0.15) is 0 Å². The first-order chi connectivity index (χ1) is 14.8. The molecule has 0 unspecified atom stereocenters. The van der Waals surface area contributed by atoms with Crippen molar-refractivity contribution in [1.82, 2.24) is 10.3 Å². The van der Waals surface area contributed by atoms with Crippen LogP contribution in [0.3, 0.4) is 0 Å². The molecule has 0 aliphatic heterocycles. The minimum absolute atomic E-state index is 0.168. The summed E-state index contributed by atoms with van der Waals surface area (Å²) in [6, 6.07) is 3.49. The van der Waals surface area contributed by atoms with Crippen molar-refractivity contribution in [2.45, 2.75) is 110 Å². The van der Waals surface area contributed by atoms with E-state index in [2.05, 4.69) is 5.32 Å². The first kappa shape index (κ1) is 26.8. The summed E-state index contributed by atoms with van der Waals surface area (Å²) in [5.74, 6) is -2.20. The highest BCUT2D eigenvalue weighted by atomic mass is 16.6. The Morgan fingerprint density at radius 2 is 1.39 bits per heavy atom. The van der Waals surface area contributed by atoms with Gasteiger partial charge in [0.15, 0.2) is 0 Å². The van der Waals surface area contributed by atoms with Gasteiger partial charge in [0, 0.05) is 27.8 Å². The largest absolute Gasteiger partial charge is 0.480 e. The van der Waals surface area contributed by atoms with E-state index in [4.69, 9.17) is 9.72 Å². The Morgan fingerprint density at radius 3 is 1.76 bits per heavy atom. The van der Waals surface area contributed by atoms with E-state index in [1.54, 1.807) is 12.1 Å². The summed E-state index contributed by atoms with van der Waals surface area (Å²) in [5.41, 5.74) is -0.601. The van der Waals surface area contributed by atoms with E-state index in [1.165, 1.54) is 0 Å². The SMILES string of the molecule is CC(C)(C)OC(=O)C1CCC(NC(=O)c2cc(C(C)(C)C)nc(C(C)(C)C)c2)(C(=O)O)CC1. The van der Waals surface area contributed by atoms with E-state index in [0.29, 0.717) is 18.4 Å². The van der Waals surface area contributed by atoms with Crippen LogP contribution in [0, 0.1) is 5.92 Å². The molecule has 2 N–H and O–H groups in total. The maximum absolute atomic E-state index is 13.3. The summed E-state index contributed by atoms with van der Waals surface area (Å²) < 4.78 is 5.47. The van der Waals surface area contributed by atoms with Crippen molar-refractivity contribution >= 4 is 17.8 Å². The van der Waals surface area contributed by atoms with Crippen LogP contribution in [0.25, 0.3) is 0 Å². The van der Waals surface area contributed by atoms with Crippen molar-refractivity contribution in [3.8, 4) is 0 Å². The molecule has 0 radical (unpaired) electrons. The van der Waals surface area contributed by atoms with Crippen LogP contribution in [0.4, 0.5) is 0 Å². The second-order valence-corrected chi connectivity index (χ2v) is 12.3. The van der Waals surface area contributed by atoms with E-state index in [0.717, 1.165) is 11.4 Å². The van der Waals surface area contributed by atoms with Crippen LogP contribution in [0.15, 0.2) is 12.1 Å². The predicted molar refractivity (Wildman–Crippen MR) is 127 cm³/mol. The summed E-state index contributed by atoms with van der Waals surface area (Å²) in [6.45, 7) is 17.6. The van der Waals surface area contributed by atoms with E-state index >= 15 is 0 Å². The number of amides is 1. The Balaban J connectivity index is 2.28. The number of esters is 1. The van der Waals surface area contributed by atoms with E-state index in [-0.39, 0.29) is 35.6 Å². The van der Waals surface area contributed by atoms with Gasteiger partial charge in [-0.3, -0.25) is 14.6 Å². The third-order valence-electron chi connectivity index (χ3n) is 5.97. The van der Waals surface area contributed by atoms with Crippen LogP contribution < -0.4 is 5.32 Å². The number of carboxylic acid groups (broad SMARTS) is 1. The predicted octanol–water partition coefficient (Wildman–Crippen LogP) is 4.76. The van der Waals surface area contributed by atoms with Gasteiger partial charge in [0.25, 0.3) is 5.91 Å². The van der Waals surface area contributed by atoms with Crippen molar-refractivity contribution in [1.29, 1.82) is 0 Å². The van der Waals surface area contributed by atoms with E-state index < -0.39 is 23.0 Å². The number of ether oxygens (including phenoxy) is 1. The number of pyridine rings is 1. The lowest BCUT2D eigenvalue weighted by molar-refractivity contribution is -0.163. The highest BCUT2D eigenvalue weighted by Gasteiger charge is 2.45. The summed E-state index contributed by atoms with van der Waals surface area (Å²) in [4.78, 5) is 42.8. The lowest BCUT2D eigenvalue weighted by atomic mass is 9.76. The van der Waals surface area contributed by atoms with Gasteiger partial charge in [0.05, 0.1) is 5.92 Å². The first-order valence-electron chi connectivity index (χ1n) is 11.7. The minimum Gasteiger partial charge on any atom is -0.480 e. The Kier molecular flexibility index (Phi) is 7.37. The zero-order chi connectivity index (χ0) is 25.4. The summed E-state index contributed by atoms with van der Waals surface area (Å²) in [5, 5.41) is 12.8. The topological polar surface area (TPSA) is 106 Å². The standard InChI is InChI=1S/C26H40N2O5/c1-23(2,3)18-14-17(15-19(27-18)24(4,5)6)20(29)28-26(22(31)32)12-10-16(11-13-26)21(30)33-25(7,8)9/h14-16H,10-13H2,1-9H3,(H,28,29)(H,31,32). The van der Waals surface area contributed by atoms with Gasteiger partial charge >= 0.3 is 11.9 Å². The fourth-order valence-electron chi connectivity index (χ4n) is 3.84. The number of aliphatic carboxylic acids is 1. The van der Waals surface area contributed by atoms with Gasteiger partial charge in [0.1, 0.15) is 11.1 Å². The second kappa shape index (κ2) is 9.07. The van der Waals surface area contributed by atoms with Gasteiger partial charge in [-0.25, -0.2) is 4.79 Å². The highest BCUT2D eigenvalue weighted by molar-refractivity contribution is 5.98. The van der Waals surface area contributed by atoms with Crippen molar-refractivity contribution < 1.29 is 24.2 Å². The molecule has 1 aliphatic carbocycles. The average molecular weight is 461 g/mol. The molecule has 7 heteroatoms. The fourth-order valence-corrected chi connectivity index (χ4v) is 3.84. The van der Waals surface area contributed by atoms with Crippen molar-refractivity contribution in [2.75, 3.05) is 0 Å². The molecule has 1 aromatic rings. The number of hydrogen-bond donors (Lipinski definition) is 2. The summed E-state index contributed by atoms with van der Waals surface area (Å²) in [6.07, 6.45) is 1.03. The van der Waals surface area contributed by atoms with Crippen LogP contribution in [0.2, 0.25) is 0 Å².